The van der Waals surface area contributed by atoms with E-state index in [9.17, 15) is 14.7 Å². The normalized spacial score (nSPS) is 52.6. The predicted octanol–water partition coefficient (Wildman–Crippen LogP) is 4.67. The van der Waals surface area contributed by atoms with E-state index in [-0.39, 0.29) is 31.0 Å². The summed E-state index contributed by atoms with van der Waals surface area (Å²) in [4.78, 5) is 23.1. The van der Waals surface area contributed by atoms with Crippen LogP contribution in [0.4, 0.5) is 4.39 Å². The molecule has 9 atom stereocenters. The van der Waals surface area contributed by atoms with E-state index < -0.39 is 62.0 Å². The molecule has 4 fully saturated rings. The van der Waals surface area contributed by atoms with Gasteiger partial charge in [0, 0.05) is 17.3 Å². The zero-order chi connectivity index (χ0) is 24.4. The van der Waals surface area contributed by atoms with Crippen molar-refractivity contribution in [1.82, 2.24) is 0 Å². The average Bonchev–Trinajstić information content (AvgIpc) is 3.11. The number of rotatable bonds is 2. The molecule has 0 aromatic carbocycles. The first-order chi connectivity index (χ1) is 15.1. The molecule has 0 radical (unpaired) electrons. The molecule has 5 rings (SSSR count). The molecular weight excluding hydrogens is 494 g/mol. The van der Waals surface area contributed by atoms with Crippen molar-refractivity contribution in [2.24, 2.45) is 22.7 Å². The van der Waals surface area contributed by atoms with E-state index in [0.29, 0.717) is 18.4 Å². The lowest BCUT2D eigenvalue weighted by Crippen LogP contribution is -2.71. The monoisotopic (exact) mass is 522 g/mol. The van der Waals surface area contributed by atoms with Gasteiger partial charge in [0.2, 0.25) is 5.78 Å². The van der Waals surface area contributed by atoms with E-state index in [1.165, 1.54) is 6.08 Å². The van der Waals surface area contributed by atoms with E-state index in [4.69, 9.17) is 44.3 Å². The summed E-state index contributed by atoms with van der Waals surface area (Å²) in [5.41, 5.74) is -2.90. The van der Waals surface area contributed by atoms with Gasteiger partial charge in [-0.1, -0.05) is 37.0 Å². The highest BCUT2D eigenvalue weighted by atomic mass is 35.5. The summed E-state index contributed by atoms with van der Waals surface area (Å²) in [6.45, 7) is 7.22. The predicted molar refractivity (Wildman–Crippen MR) is 122 cm³/mol. The number of Topliss-reactive ketones (excluding diaryl/α,β-unsaturated/α-hetero) is 1. The Labute approximate surface area is 208 Å². The summed E-state index contributed by atoms with van der Waals surface area (Å²) in [7, 11) is 0. The molecule has 5 aliphatic rings. The van der Waals surface area contributed by atoms with Gasteiger partial charge in [0.15, 0.2) is 22.0 Å². The van der Waals surface area contributed by atoms with Gasteiger partial charge in [-0.05, 0) is 63.0 Å². The average molecular weight is 524 g/mol. The minimum atomic E-state index is -1.47. The van der Waals surface area contributed by atoms with Gasteiger partial charge in [-0.3, -0.25) is 9.59 Å². The van der Waals surface area contributed by atoms with E-state index in [1.54, 1.807) is 13.8 Å². The molecule has 0 spiro atoms. The SMILES string of the molecule is CC1(C)O[C@@H]2C[C@H]3[C@@H]4C[C@H](F)C5=CC(=O)CC[C@]5(C)[C@@]4(Cl)[C@@H](O)C[C@]3(C)[C@]2(C(=O)C(Cl)Cl)O1. The molecule has 1 N–H and O–H groups in total. The number of hydrogen-bond donors (Lipinski definition) is 1. The van der Waals surface area contributed by atoms with E-state index in [0.717, 1.165) is 0 Å². The van der Waals surface area contributed by atoms with Crippen molar-refractivity contribution in [3.63, 3.8) is 0 Å². The Bertz CT molecular complexity index is 954. The Morgan fingerprint density at radius 1 is 1.21 bits per heavy atom. The van der Waals surface area contributed by atoms with E-state index in [1.807, 2.05) is 13.8 Å². The molecule has 1 aliphatic heterocycles. The molecule has 5 nitrogen and oxygen atoms in total. The van der Waals surface area contributed by atoms with Crippen molar-refractivity contribution >= 4 is 46.4 Å². The Morgan fingerprint density at radius 3 is 2.52 bits per heavy atom. The van der Waals surface area contributed by atoms with Gasteiger partial charge in [0.25, 0.3) is 0 Å². The van der Waals surface area contributed by atoms with Crippen molar-refractivity contribution in [1.29, 1.82) is 0 Å². The Morgan fingerprint density at radius 2 is 1.88 bits per heavy atom. The van der Waals surface area contributed by atoms with Gasteiger partial charge in [0.05, 0.1) is 17.1 Å². The van der Waals surface area contributed by atoms with Gasteiger partial charge in [0.1, 0.15) is 6.17 Å². The molecule has 3 saturated carbocycles. The smallest absolute Gasteiger partial charge is 0.200 e. The number of carbonyl (C=O) groups excluding carboxylic acids is 2. The number of ketones is 2. The lowest BCUT2D eigenvalue weighted by atomic mass is 9.44. The van der Waals surface area contributed by atoms with Crippen LogP contribution >= 0.6 is 34.8 Å². The van der Waals surface area contributed by atoms with Gasteiger partial charge >= 0.3 is 0 Å². The number of hydrogen-bond acceptors (Lipinski definition) is 5. The third kappa shape index (κ3) is 2.83. The second kappa shape index (κ2) is 7.17. The number of fused-ring (bicyclic) bond motifs is 7. The molecule has 4 aliphatic carbocycles. The maximum absolute atomic E-state index is 15.7. The molecule has 184 valence electrons. The van der Waals surface area contributed by atoms with Crippen molar-refractivity contribution in [3.05, 3.63) is 11.6 Å². The lowest BCUT2D eigenvalue weighted by molar-refractivity contribution is -0.223. The highest BCUT2D eigenvalue weighted by molar-refractivity contribution is 6.54. The Hall–Kier alpha value is -0.240. The first-order valence-corrected chi connectivity index (χ1v) is 12.9. The number of aliphatic hydroxyl groups excluding tert-OH is 1. The summed E-state index contributed by atoms with van der Waals surface area (Å²) in [6.07, 6.45) is -0.426. The first-order valence-electron chi connectivity index (χ1n) is 11.6. The van der Waals surface area contributed by atoms with Crippen LogP contribution in [0.25, 0.3) is 0 Å². The van der Waals surface area contributed by atoms with Crippen LogP contribution in [0, 0.1) is 22.7 Å². The van der Waals surface area contributed by atoms with Gasteiger partial charge in [-0.25, -0.2) is 4.39 Å². The molecule has 9 heteroatoms. The molecule has 0 amide bonds. The topological polar surface area (TPSA) is 72.8 Å². The standard InChI is InChI=1S/C24H30Cl3FO5/c1-20(2)32-17-9-12-13-8-15(28)14-7-11(29)5-6-21(14,3)23(13,27)16(30)10-22(12,4)24(17,33-20)18(31)19(25)26/h7,12-13,15-17,19,30H,5-6,8-10H2,1-4H3/t12-,13-,15-,16-,17+,21-,22-,23-,24-/m0/s1. The third-order valence-corrected chi connectivity index (χ3v) is 10.9. The fourth-order valence-electron chi connectivity index (χ4n) is 8.26. The summed E-state index contributed by atoms with van der Waals surface area (Å²) >= 11 is 19.6. The van der Waals surface area contributed by atoms with Crippen LogP contribution in [0.2, 0.25) is 0 Å². The molecule has 1 heterocycles. The fourth-order valence-corrected chi connectivity index (χ4v) is 9.10. The van der Waals surface area contributed by atoms with E-state index >= 15 is 4.39 Å². The molecule has 0 bridgehead atoms. The molecule has 0 unspecified atom stereocenters. The minimum Gasteiger partial charge on any atom is -0.391 e. The van der Waals surface area contributed by atoms with Crippen molar-refractivity contribution < 1.29 is 28.6 Å². The molecular formula is C24H30Cl3FO5. The highest BCUT2D eigenvalue weighted by Crippen LogP contribution is 2.73. The zero-order valence-electron chi connectivity index (χ0n) is 19.2. The van der Waals surface area contributed by atoms with Crippen LogP contribution in [-0.2, 0) is 19.1 Å². The lowest BCUT2D eigenvalue weighted by Gasteiger charge is -2.65. The Kier molecular flexibility index (Phi) is 5.31. The zero-order valence-corrected chi connectivity index (χ0v) is 21.4. The third-order valence-electron chi connectivity index (χ3n) is 9.58. The van der Waals surface area contributed by atoms with Gasteiger partial charge in [-0.2, -0.15) is 0 Å². The van der Waals surface area contributed by atoms with Crippen LogP contribution in [0.1, 0.15) is 59.8 Å². The second-order valence-electron chi connectivity index (χ2n) is 11.5. The van der Waals surface area contributed by atoms with Crippen molar-refractivity contribution in [2.45, 2.75) is 99.3 Å². The largest absolute Gasteiger partial charge is 0.391 e. The molecule has 33 heavy (non-hydrogen) atoms. The molecule has 0 aromatic rings. The first kappa shape index (κ1) is 24.5. The van der Waals surface area contributed by atoms with Crippen LogP contribution in [0.15, 0.2) is 11.6 Å². The van der Waals surface area contributed by atoms with Gasteiger partial charge in [-0.15, -0.1) is 11.6 Å². The maximum atomic E-state index is 15.7. The summed E-state index contributed by atoms with van der Waals surface area (Å²) in [5, 5.41) is 11.7. The molecule has 1 saturated heterocycles. The number of carbonyl (C=O) groups is 2. The van der Waals surface area contributed by atoms with Crippen LogP contribution in [0.3, 0.4) is 0 Å². The number of ether oxygens (including phenoxy) is 2. The summed E-state index contributed by atoms with van der Waals surface area (Å²) in [5.74, 6) is -2.39. The quantitative estimate of drug-likeness (QED) is 0.533. The van der Waals surface area contributed by atoms with Gasteiger partial charge < -0.3 is 14.6 Å². The van der Waals surface area contributed by atoms with Crippen LogP contribution in [0.5, 0.6) is 0 Å². The van der Waals surface area contributed by atoms with Crippen LogP contribution in [-0.4, -0.2) is 56.2 Å². The van der Waals surface area contributed by atoms with E-state index in [2.05, 4.69) is 0 Å². The minimum absolute atomic E-state index is 0.0566. The maximum Gasteiger partial charge on any atom is 0.200 e. The Balaban J connectivity index is 1.66. The van der Waals surface area contributed by atoms with Crippen molar-refractivity contribution in [3.8, 4) is 0 Å². The second-order valence-corrected chi connectivity index (χ2v) is 13.2. The fraction of sp³-hybridized carbons (Fsp3) is 0.833. The number of allylic oxidation sites excluding steroid dienone is 1. The van der Waals surface area contributed by atoms with Crippen LogP contribution < -0.4 is 0 Å². The highest BCUT2D eigenvalue weighted by Gasteiger charge is 2.80. The number of alkyl halides is 4. The molecule has 0 aromatic heterocycles. The van der Waals surface area contributed by atoms with Crippen molar-refractivity contribution in [2.75, 3.05) is 0 Å². The number of halogens is 4. The number of aliphatic hydroxyl groups is 1. The summed E-state index contributed by atoms with van der Waals surface area (Å²) in [6, 6.07) is 0. The summed E-state index contributed by atoms with van der Waals surface area (Å²) < 4.78 is 28.2.